The van der Waals surface area contributed by atoms with Crippen molar-refractivity contribution in [2.45, 2.75) is 20.3 Å². The summed E-state index contributed by atoms with van der Waals surface area (Å²) in [6.45, 7) is 5.74. The lowest BCUT2D eigenvalue weighted by molar-refractivity contribution is 0.0787. The first-order chi connectivity index (χ1) is 10.1. The van der Waals surface area contributed by atoms with E-state index in [1.807, 2.05) is 36.1 Å². The fourth-order valence-electron chi connectivity index (χ4n) is 2.78. The van der Waals surface area contributed by atoms with Crippen molar-refractivity contribution in [1.29, 1.82) is 0 Å². The van der Waals surface area contributed by atoms with Gasteiger partial charge in [0.05, 0.1) is 28.2 Å². The van der Waals surface area contributed by atoms with Crippen LogP contribution >= 0.6 is 11.6 Å². The van der Waals surface area contributed by atoms with Gasteiger partial charge in [0.25, 0.3) is 5.91 Å². The first kappa shape index (κ1) is 14.1. The Morgan fingerprint density at radius 2 is 2.14 bits per heavy atom. The highest BCUT2D eigenvalue weighted by Crippen LogP contribution is 2.24. The molecule has 1 fully saturated rings. The monoisotopic (exact) mass is 303 g/mol. The van der Waals surface area contributed by atoms with Gasteiger partial charge in [-0.05, 0) is 31.4 Å². The summed E-state index contributed by atoms with van der Waals surface area (Å²) in [4.78, 5) is 14.5. The Balaban J connectivity index is 1.93. The molecule has 2 aromatic rings. The second-order valence-corrected chi connectivity index (χ2v) is 6.06. The van der Waals surface area contributed by atoms with Crippen molar-refractivity contribution in [3.63, 3.8) is 0 Å². The number of hydrogen-bond acceptors (Lipinski definition) is 2. The summed E-state index contributed by atoms with van der Waals surface area (Å²) in [5.41, 5.74) is 2.28. The number of halogens is 1. The van der Waals surface area contributed by atoms with Crippen molar-refractivity contribution >= 4 is 17.5 Å². The van der Waals surface area contributed by atoms with Gasteiger partial charge in [0, 0.05) is 13.1 Å². The van der Waals surface area contributed by atoms with Gasteiger partial charge in [-0.25, -0.2) is 4.68 Å². The van der Waals surface area contributed by atoms with Crippen LogP contribution in [-0.2, 0) is 0 Å². The highest BCUT2D eigenvalue weighted by Gasteiger charge is 2.26. The zero-order chi connectivity index (χ0) is 15.0. The fraction of sp³-hybridized carbons (Fsp3) is 0.375. The predicted molar refractivity (Wildman–Crippen MR) is 83.0 cm³/mol. The molecule has 0 radical (unpaired) electrons. The Morgan fingerprint density at radius 1 is 1.38 bits per heavy atom. The van der Waals surface area contributed by atoms with E-state index in [1.54, 1.807) is 10.9 Å². The van der Waals surface area contributed by atoms with E-state index in [-0.39, 0.29) is 5.91 Å². The highest BCUT2D eigenvalue weighted by molar-refractivity contribution is 6.32. The first-order valence-electron chi connectivity index (χ1n) is 7.16. The molecule has 0 saturated carbocycles. The fourth-order valence-corrected chi connectivity index (χ4v) is 2.99. The summed E-state index contributed by atoms with van der Waals surface area (Å²) >= 11 is 6.21. The molecule has 110 valence electrons. The number of likely N-dealkylation sites (tertiary alicyclic amines) is 1. The van der Waals surface area contributed by atoms with E-state index in [0.29, 0.717) is 16.5 Å². The van der Waals surface area contributed by atoms with E-state index < -0.39 is 0 Å². The number of para-hydroxylation sites is 1. The van der Waals surface area contributed by atoms with Crippen LogP contribution in [0, 0.1) is 12.8 Å². The summed E-state index contributed by atoms with van der Waals surface area (Å²) in [6.07, 6.45) is 2.72. The molecular formula is C16H18ClN3O. The molecule has 3 rings (SSSR count). The van der Waals surface area contributed by atoms with Crippen LogP contribution in [0.5, 0.6) is 0 Å². The van der Waals surface area contributed by atoms with Gasteiger partial charge in [0.15, 0.2) is 0 Å². The van der Waals surface area contributed by atoms with Crippen molar-refractivity contribution in [3.05, 3.63) is 46.7 Å². The molecule has 4 nitrogen and oxygen atoms in total. The lowest BCUT2D eigenvalue weighted by atomic mass is 10.2. The second-order valence-electron chi connectivity index (χ2n) is 5.65. The third kappa shape index (κ3) is 2.56. The van der Waals surface area contributed by atoms with Gasteiger partial charge in [0.1, 0.15) is 0 Å². The van der Waals surface area contributed by atoms with E-state index in [4.69, 9.17) is 11.6 Å². The number of hydrogen-bond donors (Lipinski definition) is 0. The highest BCUT2D eigenvalue weighted by atomic mass is 35.5. The normalized spacial score (nSPS) is 18.2. The topological polar surface area (TPSA) is 38.1 Å². The lowest BCUT2D eigenvalue weighted by Crippen LogP contribution is -2.28. The van der Waals surface area contributed by atoms with Crippen LogP contribution in [0.4, 0.5) is 0 Å². The Labute approximate surface area is 129 Å². The smallest absolute Gasteiger partial charge is 0.257 e. The molecule has 1 atom stereocenters. The maximum Gasteiger partial charge on any atom is 0.257 e. The van der Waals surface area contributed by atoms with Gasteiger partial charge in [-0.3, -0.25) is 4.79 Å². The molecule has 0 spiro atoms. The van der Waals surface area contributed by atoms with Crippen molar-refractivity contribution in [2.24, 2.45) is 5.92 Å². The van der Waals surface area contributed by atoms with Gasteiger partial charge in [-0.15, -0.1) is 0 Å². The SMILES string of the molecule is Cc1c(C(=O)N2CCC(C)C2)cnn1-c1ccccc1Cl. The largest absolute Gasteiger partial charge is 0.338 e. The predicted octanol–water partition coefficient (Wildman–Crippen LogP) is 3.32. The summed E-state index contributed by atoms with van der Waals surface area (Å²) in [6, 6.07) is 7.50. The minimum absolute atomic E-state index is 0.0650. The number of carbonyl (C=O) groups is 1. The molecule has 1 aromatic carbocycles. The summed E-state index contributed by atoms with van der Waals surface area (Å²) in [5, 5.41) is 4.97. The van der Waals surface area contributed by atoms with E-state index in [9.17, 15) is 4.79 Å². The maximum absolute atomic E-state index is 12.6. The zero-order valence-electron chi connectivity index (χ0n) is 12.2. The summed E-state index contributed by atoms with van der Waals surface area (Å²) < 4.78 is 1.73. The number of nitrogens with zero attached hydrogens (tertiary/aromatic N) is 3. The van der Waals surface area contributed by atoms with Crippen molar-refractivity contribution < 1.29 is 4.79 Å². The van der Waals surface area contributed by atoms with Crippen LogP contribution in [-0.4, -0.2) is 33.7 Å². The molecule has 1 saturated heterocycles. The van der Waals surface area contributed by atoms with Gasteiger partial charge in [0.2, 0.25) is 0 Å². The average molecular weight is 304 g/mol. The summed E-state index contributed by atoms with van der Waals surface area (Å²) in [7, 11) is 0. The molecular weight excluding hydrogens is 286 g/mol. The zero-order valence-corrected chi connectivity index (χ0v) is 13.0. The second kappa shape index (κ2) is 5.53. The Morgan fingerprint density at radius 3 is 2.81 bits per heavy atom. The number of benzene rings is 1. The minimum Gasteiger partial charge on any atom is -0.338 e. The molecule has 1 aliphatic heterocycles. The molecule has 21 heavy (non-hydrogen) atoms. The molecule has 1 aromatic heterocycles. The Hall–Kier alpha value is -1.81. The maximum atomic E-state index is 12.6. The van der Waals surface area contributed by atoms with Gasteiger partial charge >= 0.3 is 0 Å². The van der Waals surface area contributed by atoms with E-state index in [1.165, 1.54) is 0 Å². The quantitative estimate of drug-likeness (QED) is 0.853. The average Bonchev–Trinajstić information content (AvgIpc) is 3.05. The number of amides is 1. The molecule has 0 aliphatic carbocycles. The lowest BCUT2D eigenvalue weighted by Gasteiger charge is -2.15. The van der Waals surface area contributed by atoms with E-state index in [0.717, 1.165) is 30.9 Å². The number of carbonyl (C=O) groups excluding carboxylic acids is 1. The molecule has 1 amide bonds. The van der Waals surface area contributed by atoms with Gasteiger partial charge in [-0.2, -0.15) is 5.10 Å². The van der Waals surface area contributed by atoms with Crippen molar-refractivity contribution in [3.8, 4) is 5.69 Å². The van der Waals surface area contributed by atoms with Crippen LogP contribution in [0.3, 0.4) is 0 Å². The number of rotatable bonds is 2. The molecule has 1 aliphatic rings. The molecule has 0 N–H and O–H groups in total. The van der Waals surface area contributed by atoms with Gasteiger partial charge in [-0.1, -0.05) is 30.7 Å². The third-order valence-electron chi connectivity index (χ3n) is 4.03. The molecule has 2 heterocycles. The first-order valence-corrected chi connectivity index (χ1v) is 7.54. The number of aromatic nitrogens is 2. The summed E-state index contributed by atoms with van der Waals surface area (Å²) in [5.74, 6) is 0.642. The van der Waals surface area contributed by atoms with Gasteiger partial charge < -0.3 is 4.90 Å². The molecule has 1 unspecified atom stereocenters. The standard InChI is InChI=1S/C16H18ClN3O/c1-11-7-8-19(10-11)16(21)13-9-18-20(12(13)2)15-6-4-3-5-14(15)17/h3-6,9,11H,7-8,10H2,1-2H3. The van der Waals surface area contributed by atoms with Crippen LogP contribution < -0.4 is 0 Å². The van der Waals surface area contributed by atoms with Crippen LogP contribution in [0.1, 0.15) is 29.4 Å². The molecule has 5 heteroatoms. The third-order valence-corrected chi connectivity index (χ3v) is 4.35. The van der Waals surface area contributed by atoms with Crippen LogP contribution in [0.15, 0.2) is 30.5 Å². The van der Waals surface area contributed by atoms with Crippen molar-refractivity contribution in [2.75, 3.05) is 13.1 Å². The van der Waals surface area contributed by atoms with Crippen LogP contribution in [0.2, 0.25) is 5.02 Å². The van der Waals surface area contributed by atoms with E-state index in [2.05, 4.69) is 12.0 Å². The minimum atomic E-state index is 0.0650. The molecule has 0 bridgehead atoms. The Kier molecular flexibility index (Phi) is 3.72. The van der Waals surface area contributed by atoms with E-state index >= 15 is 0 Å². The Bertz CT molecular complexity index is 680. The van der Waals surface area contributed by atoms with Crippen molar-refractivity contribution in [1.82, 2.24) is 14.7 Å². The van der Waals surface area contributed by atoms with Crippen LogP contribution in [0.25, 0.3) is 5.69 Å².